The normalized spacial score (nSPS) is 17.0. The molecule has 2 amide bonds. The molecule has 1 aliphatic carbocycles. The van der Waals surface area contributed by atoms with Gasteiger partial charge >= 0.3 is 6.09 Å². The van der Waals surface area contributed by atoms with E-state index in [0.717, 1.165) is 31.2 Å². The summed E-state index contributed by atoms with van der Waals surface area (Å²) in [5.74, 6) is -0.123. The van der Waals surface area contributed by atoms with Gasteiger partial charge < -0.3 is 14.5 Å². The number of rotatable bonds is 6. The molecule has 8 nitrogen and oxygen atoms in total. The van der Waals surface area contributed by atoms with E-state index in [0.29, 0.717) is 32.8 Å². The smallest absolute Gasteiger partial charge is 0.409 e. The van der Waals surface area contributed by atoms with E-state index in [1.807, 2.05) is 6.07 Å². The van der Waals surface area contributed by atoms with Crippen LogP contribution in [-0.2, 0) is 32.4 Å². The molecule has 1 aromatic rings. The number of benzene rings is 1. The van der Waals surface area contributed by atoms with E-state index in [-0.39, 0.29) is 29.9 Å². The number of piperazine rings is 1. The zero-order chi connectivity index (χ0) is 20.9. The van der Waals surface area contributed by atoms with E-state index in [1.165, 1.54) is 5.56 Å². The zero-order valence-corrected chi connectivity index (χ0v) is 17.7. The van der Waals surface area contributed by atoms with Crippen LogP contribution >= 0.6 is 0 Å². The molecule has 0 atom stereocenters. The van der Waals surface area contributed by atoms with Gasteiger partial charge in [0.25, 0.3) is 0 Å². The molecule has 0 spiro atoms. The number of amides is 2. The van der Waals surface area contributed by atoms with E-state index in [9.17, 15) is 18.0 Å². The second-order valence-electron chi connectivity index (χ2n) is 7.35. The largest absolute Gasteiger partial charge is 0.450 e. The van der Waals surface area contributed by atoms with Crippen molar-refractivity contribution in [3.05, 3.63) is 29.3 Å². The molecular weight excluding hydrogens is 394 g/mol. The molecule has 3 rings (SSSR count). The lowest BCUT2D eigenvalue weighted by molar-refractivity contribution is -0.132. The summed E-state index contributed by atoms with van der Waals surface area (Å²) >= 11 is 0. The van der Waals surface area contributed by atoms with Crippen LogP contribution in [0.3, 0.4) is 0 Å². The Morgan fingerprint density at radius 2 is 1.69 bits per heavy atom. The predicted molar refractivity (Wildman–Crippen MR) is 108 cm³/mol. The summed E-state index contributed by atoms with van der Waals surface area (Å²) < 4.78 is 32.6. The number of fused-ring (bicyclic) bond motifs is 1. The fraction of sp³-hybridized carbons (Fsp3) is 0.600. The van der Waals surface area contributed by atoms with Gasteiger partial charge in [0.2, 0.25) is 15.9 Å². The van der Waals surface area contributed by atoms with Crippen molar-refractivity contribution >= 4 is 22.0 Å². The van der Waals surface area contributed by atoms with E-state index in [2.05, 4.69) is 4.72 Å². The SMILES string of the molecule is CCOC(=O)N1CCN(C(=O)CCNS(=O)(=O)c2ccc3c(c2)CCCC3)CC1. The lowest BCUT2D eigenvalue weighted by atomic mass is 9.92. The van der Waals surface area contributed by atoms with Crippen LogP contribution in [0.2, 0.25) is 0 Å². The molecule has 1 heterocycles. The minimum absolute atomic E-state index is 0.0519. The van der Waals surface area contributed by atoms with E-state index in [4.69, 9.17) is 4.74 Å². The lowest BCUT2D eigenvalue weighted by Gasteiger charge is -2.34. The number of hydrogen-bond acceptors (Lipinski definition) is 5. The Morgan fingerprint density at radius 3 is 2.38 bits per heavy atom. The molecule has 0 bridgehead atoms. The van der Waals surface area contributed by atoms with Gasteiger partial charge in [0.05, 0.1) is 11.5 Å². The Balaban J connectivity index is 1.47. The van der Waals surface area contributed by atoms with Crippen LogP contribution in [0, 0.1) is 0 Å². The third-order valence-electron chi connectivity index (χ3n) is 5.42. The minimum Gasteiger partial charge on any atom is -0.450 e. The molecule has 0 aromatic heterocycles. The molecule has 1 N–H and O–H groups in total. The highest BCUT2D eigenvalue weighted by molar-refractivity contribution is 7.89. The summed E-state index contributed by atoms with van der Waals surface area (Å²) in [5, 5.41) is 0. The number of hydrogen-bond donors (Lipinski definition) is 1. The average molecular weight is 424 g/mol. The first-order valence-electron chi connectivity index (χ1n) is 10.2. The fourth-order valence-electron chi connectivity index (χ4n) is 3.76. The topological polar surface area (TPSA) is 96.0 Å². The van der Waals surface area contributed by atoms with E-state index >= 15 is 0 Å². The summed E-state index contributed by atoms with van der Waals surface area (Å²) in [6.07, 6.45) is 3.87. The molecule has 2 aliphatic rings. The van der Waals surface area contributed by atoms with Gasteiger partial charge in [-0.3, -0.25) is 4.79 Å². The summed E-state index contributed by atoms with van der Waals surface area (Å²) in [7, 11) is -3.64. The van der Waals surface area contributed by atoms with Crippen LogP contribution in [0.25, 0.3) is 0 Å². The number of nitrogens with one attached hydrogen (secondary N) is 1. The molecule has 0 saturated carbocycles. The Morgan fingerprint density at radius 1 is 1.03 bits per heavy atom. The summed E-state index contributed by atoms with van der Waals surface area (Å²) in [6, 6.07) is 5.30. The van der Waals surface area contributed by atoms with Crippen molar-refractivity contribution in [2.45, 2.75) is 43.9 Å². The second kappa shape index (κ2) is 9.58. The van der Waals surface area contributed by atoms with Gasteiger partial charge in [-0.1, -0.05) is 6.07 Å². The van der Waals surface area contributed by atoms with Crippen LogP contribution in [0.4, 0.5) is 4.79 Å². The van der Waals surface area contributed by atoms with Gasteiger partial charge in [0.15, 0.2) is 0 Å². The second-order valence-corrected chi connectivity index (χ2v) is 9.12. The number of aryl methyl sites for hydroxylation is 2. The van der Waals surface area contributed by atoms with E-state index in [1.54, 1.807) is 28.9 Å². The van der Waals surface area contributed by atoms with Crippen molar-refractivity contribution in [2.75, 3.05) is 39.3 Å². The van der Waals surface area contributed by atoms with Crippen LogP contribution in [-0.4, -0.2) is 69.5 Å². The minimum atomic E-state index is -3.64. The molecule has 0 unspecified atom stereocenters. The van der Waals surface area contributed by atoms with Gasteiger partial charge in [-0.25, -0.2) is 17.9 Å². The Bertz CT molecular complexity index is 848. The third-order valence-corrected chi connectivity index (χ3v) is 6.88. The molecule has 1 fully saturated rings. The number of carbonyl (C=O) groups excluding carboxylic acids is 2. The molecule has 29 heavy (non-hydrogen) atoms. The maximum absolute atomic E-state index is 12.6. The lowest BCUT2D eigenvalue weighted by Crippen LogP contribution is -2.51. The van der Waals surface area contributed by atoms with Gasteiger partial charge in [-0.15, -0.1) is 0 Å². The number of ether oxygens (including phenoxy) is 1. The molecule has 1 saturated heterocycles. The summed E-state index contributed by atoms with van der Waals surface area (Å²) in [4.78, 5) is 27.6. The van der Waals surface area contributed by atoms with Gasteiger partial charge in [0.1, 0.15) is 0 Å². The molecule has 9 heteroatoms. The standard InChI is InChI=1S/C20H29N3O5S/c1-2-28-20(25)23-13-11-22(12-14-23)19(24)9-10-21-29(26,27)18-8-7-16-5-3-4-6-17(16)15-18/h7-8,15,21H,2-6,9-14H2,1H3. The van der Waals surface area contributed by atoms with Gasteiger partial charge in [0, 0.05) is 39.1 Å². The maximum Gasteiger partial charge on any atom is 0.409 e. The highest BCUT2D eigenvalue weighted by atomic mass is 32.2. The summed E-state index contributed by atoms with van der Waals surface area (Å²) in [6.45, 7) is 3.82. The number of nitrogens with zero attached hydrogens (tertiary/aromatic N) is 2. The van der Waals surface area contributed by atoms with Gasteiger partial charge in [-0.2, -0.15) is 0 Å². The van der Waals surface area contributed by atoms with Crippen molar-refractivity contribution in [1.29, 1.82) is 0 Å². The van der Waals surface area contributed by atoms with Crippen LogP contribution in [0.5, 0.6) is 0 Å². The first-order valence-corrected chi connectivity index (χ1v) is 11.7. The third kappa shape index (κ3) is 5.48. The van der Waals surface area contributed by atoms with Crippen molar-refractivity contribution in [2.24, 2.45) is 0 Å². The number of carbonyl (C=O) groups is 2. The van der Waals surface area contributed by atoms with Crippen molar-refractivity contribution in [3.8, 4) is 0 Å². The Labute approximate surface area is 172 Å². The van der Waals surface area contributed by atoms with Crippen molar-refractivity contribution in [1.82, 2.24) is 14.5 Å². The predicted octanol–water partition coefficient (Wildman–Crippen LogP) is 1.53. The first kappa shape index (κ1) is 21.6. The quantitative estimate of drug-likeness (QED) is 0.749. The van der Waals surface area contributed by atoms with Crippen LogP contribution in [0.15, 0.2) is 23.1 Å². The average Bonchev–Trinajstić information content (AvgIpc) is 2.73. The van der Waals surface area contributed by atoms with Gasteiger partial charge in [-0.05, 0) is 55.9 Å². The molecule has 0 radical (unpaired) electrons. The molecular formula is C20H29N3O5S. The highest BCUT2D eigenvalue weighted by Crippen LogP contribution is 2.24. The van der Waals surface area contributed by atoms with Crippen molar-refractivity contribution < 1.29 is 22.7 Å². The monoisotopic (exact) mass is 423 g/mol. The zero-order valence-electron chi connectivity index (χ0n) is 16.9. The number of sulfonamides is 1. The molecule has 1 aromatic carbocycles. The van der Waals surface area contributed by atoms with E-state index < -0.39 is 10.0 Å². The van der Waals surface area contributed by atoms with Crippen molar-refractivity contribution in [3.63, 3.8) is 0 Å². The first-order chi connectivity index (χ1) is 13.9. The fourth-order valence-corrected chi connectivity index (χ4v) is 4.85. The Kier molecular flexibility index (Phi) is 7.13. The van der Waals surface area contributed by atoms with Crippen LogP contribution in [0.1, 0.15) is 37.3 Å². The van der Waals surface area contributed by atoms with Crippen LogP contribution < -0.4 is 4.72 Å². The highest BCUT2D eigenvalue weighted by Gasteiger charge is 2.25. The molecule has 160 valence electrons. The molecule has 1 aliphatic heterocycles. The summed E-state index contributed by atoms with van der Waals surface area (Å²) in [5.41, 5.74) is 2.34. The Hall–Kier alpha value is -2.13. The maximum atomic E-state index is 12.6.